The summed E-state index contributed by atoms with van der Waals surface area (Å²) in [6.45, 7) is 0. The zero-order chi connectivity index (χ0) is 16.4. The smallest absolute Gasteiger partial charge is 0.305 e. The minimum absolute atomic E-state index is 0.0950. The van der Waals surface area contributed by atoms with Gasteiger partial charge in [-0.15, -0.1) is 0 Å². The zero-order valence-corrected chi connectivity index (χ0v) is 12.8. The van der Waals surface area contributed by atoms with Gasteiger partial charge in [0.2, 0.25) is 0 Å². The van der Waals surface area contributed by atoms with Crippen molar-refractivity contribution in [1.29, 1.82) is 0 Å². The van der Waals surface area contributed by atoms with Crippen LogP contribution in [0.3, 0.4) is 0 Å². The summed E-state index contributed by atoms with van der Waals surface area (Å²) in [7, 11) is 0. The van der Waals surface area contributed by atoms with Crippen LogP contribution in [0, 0.1) is 11.6 Å². The molecular formula is C15H14F2N2O3S. The summed E-state index contributed by atoms with van der Waals surface area (Å²) in [5.41, 5.74) is 0.197. The molecule has 5 nitrogen and oxygen atoms in total. The van der Waals surface area contributed by atoms with Crippen molar-refractivity contribution in [3.63, 3.8) is 0 Å². The second-order valence-corrected chi connectivity index (χ2v) is 6.18. The molecule has 1 amide bonds. The molecule has 0 spiro atoms. The van der Waals surface area contributed by atoms with Gasteiger partial charge in [0, 0.05) is 23.6 Å². The Morgan fingerprint density at radius 3 is 2.65 bits per heavy atom. The first-order chi connectivity index (χ1) is 11.0. The molecule has 2 N–H and O–H groups in total. The Hall–Kier alpha value is -2.22. The predicted octanol–water partition coefficient (Wildman–Crippen LogP) is 2.44. The molecule has 3 rings (SSSR count). The summed E-state index contributed by atoms with van der Waals surface area (Å²) in [6.07, 6.45) is 1.82. The van der Waals surface area contributed by atoms with Crippen molar-refractivity contribution in [2.24, 2.45) is 0 Å². The lowest BCUT2D eigenvalue weighted by Gasteiger charge is -2.22. The topological polar surface area (TPSA) is 71.2 Å². The molecule has 0 aliphatic heterocycles. The molecule has 2 atom stereocenters. The van der Waals surface area contributed by atoms with Gasteiger partial charge in [-0.3, -0.25) is 9.59 Å². The normalized spacial score (nSPS) is 20.4. The summed E-state index contributed by atoms with van der Waals surface area (Å²) in [6, 6.07) is 2.71. The maximum atomic E-state index is 13.2. The van der Waals surface area contributed by atoms with Gasteiger partial charge < -0.3 is 15.0 Å². The van der Waals surface area contributed by atoms with Crippen molar-refractivity contribution in [2.45, 2.75) is 31.4 Å². The number of benzene rings is 1. The number of rotatable bonds is 4. The third-order valence-electron chi connectivity index (χ3n) is 3.66. The molecule has 122 valence electrons. The molecule has 23 heavy (non-hydrogen) atoms. The number of halogens is 2. The van der Waals surface area contributed by atoms with E-state index in [1.807, 2.05) is 0 Å². The molecule has 2 aromatic rings. The highest BCUT2D eigenvalue weighted by atomic mass is 32.1. The molecule has 1 aliphatic carbocycles. The van der Waals surface area contributed by atoms with Gasteiger partial charge in [0.25, 0.3) is 5.91 Å². The highest BCUT2D eigenvalue weighted by Gasteiger charge is 2.31. The summed E-state index contributed by atoms with van der Waals surface area (Å²) in [5.74, 6) is -1.73. The van der Waals surface area contributed by atoms with E-state index in [2.05, 4.69) is 10.3 Å². The van der Waals surface area contributed by atoms with Crippen molar-refractivity contribution in [3.8, 4) is 5.75 Å². The van der Waals surface area contributed by atoms with Gasteiger partial charge in [-0.05, 0) is 19.3 Å². The lowest BCUT2D eigenvalue weighted by molar-refractivity contribution is 0.0889. The van der Waals surface area contributed by atoms with Crippen LogP contribution < -0.4 is 14.9 Å². The molecule has 1 saturated carbocycles. The summed E-state index contributed by atoms with van der Waals surface area (Å²) < 4.78 is 32.0. The minimum atomic E-state index is -0.713. The third-order valence-corrected chi connectivity index (χ3v) is 4.33. The van der Waals surface area contributed by atoms with E-state index in [1.54, 1.807) is 0 Å². The van der Waals surface area contributed by atoms with E-state index in [0.29, 0.717) is 12.8 Å². The van der Waals surface area contributed by atoms with E-state index in [0.717, 1.165) is 36.0 Å². The standard InChI is InChI=1S/C15H14F2N2O3S/c16-8-4-9(17)6-10(5-8)22-13-3-1-2-11(13)18-14(20)12-7-23-15(21)19-12/h4-7,11,13H,1-3H2,(H,18,20)(H,19,21)/t11-,13+/m0/s1. The number of amides is 1. The number of aromatic amines is 1. The quantitative estimate of drug-likeness (QED) is 0.898. The van der Waals surface area contributed by atoms with Crippen molar-refractivity contribution < 1.29 is 18.3 Å². The van der Waals surface area contributed by atoms with Crippen LogP contribution in [0.15, 0.2) is 28.4 Å². The Kier molecular flexibility index (Phi) is 4.42. The maximum Gasteiger partial charge on any atom is 0.305 e. The van der Waals surface area contributed by atoms with Crippen molar-refractivity contribution in [1.82, 2.24) is 10.3 Å². The first kappa shape index (κ1) is 15.7. The summed E-state index contributed by atoms with van der Waals surface area (Å²) in [4.78, 5) is 25.3. The number of hydrogen-bond acceptors (Lipinski definition) is 4. The van der Waals surface area contributed by atoms with Crippen LogP contribution in [-0.4, -0.2) is 23.0 Å². The van der Waals surface area contributed by atoms with Crippen molar-refractivity contribution in [2.75, 3.05) is 0 Å². The first-order valence-electron chi connectivity index (χ1n) is 7.13. The average Bonchev–Trinajstić information content (AvgIpc) is 3.07. The number of thiazole rings is 1. The van der Waals surface area contributed by atoms with E-state index < -0.39 is 17.5 Å². The number of carbonyl (C=O) groups excluding carboxylic acids is 1. The summed E-state index contributed by atoms with van der Waals surface area (Å²) >= 11 is 0.911. The van der Waals surface area contributed by atoms with Crippen LogP contribution in [0.4, 0.5) is 8.78 Å². The first-order valence-corrected chi connectivity index (χ1v) is 8.00. The van der Waals surface area contributed by atoms with Crippen LogP contribution in [0.2, 0.25) is 0 Å². The predicted molar refractivity (Wildman–Crippen MR) is 80.8 cm³/mol. The largest absolute Gasteiger partial charge is 0.488 e. The lowest BCUT2D eigenvalue weighted by atomic mass is 10.2. The Morgan fingerprint density at radius 2 is 2.00 bits per heavy atom. The van der Waals surface area contributed by atoms with Crippen LogP contribution in [0.5, 0.6) is 5.75 Å². The average molecular weight is 340 g/mol. The van der Waals surface area contributed by atoms with Gasteiger partial charge in [-0.25, -0.2) is 8.78 Å². The molecular weight excluding hydrogens is 326 g/mol. The fourth-order valence-corrected chi connectivity index (χ4v) is 3.20. The molecule has 0 saturated heterocycles. The molecule has 1 aromatic carbocycles. The highest BCUT2D eigenvalue weighted by Crippen LogP contribution is 2.26. The molecule has 0 unspecified atom stereocenters. The second kappa shape index (κ2) is 6.49. The molecule has 0 radical (unpaired) electrons. The Bertz CT molecular complexity index is 754. The molecule has 0 bridgehead atoms. The van der Waals surface area contributed by atoms with Crippen LogP contribution in [0.25, 0.3) is 0 Å². The second-order valence-electron chi connectivity index (χ2n) is 5.33. The lowest BCUT2D eigenvalue weighted by Crippen LogP contribution is -2.42. The number of hydrogen-bond donors (Lipinski definition) is 2. The number of nitrogens with one attached hydrogen (secondary N) is 2. The third kappa shape index (κ3) is 3.76. The van der Waals surface area contributed by atoms with Crippen LogP contribution in [-0.2, 0) is 0 Å². The Balaban J connectivity index is 1.68. The number of H-pyrrole nitrogens is 1. The van der Waals surface area contributed by atoms with Crippen molar-refractivity contribution in [3.05, 3.63) is 50.6 Å². The zero-order valence-electron chi connectivity index (χ0n) is 12.0. The Morgan fingerprint density at radius 1 is 1.26 bits per heavy atom. The fraction of sp³-hybridized carbons (Fsp3) is 0.333. The van der Waals surface area contributed by atoms with E-state index in [9.17, 15) is 18.4 Å². The number of ether oxygens (including phenoxy) is 1. The van der Waals surface area contributed by atoms with Crippen molar-refractivity contribution >= 4 is 17.2 Å². The molecule has 1 fully saturated rings. The van der Waals surface area contributed by atoms with E-state index in [-0.39, 0.29) is 28.5 Å². The highest BCUT2D eigenvalue weighted by molar-refractivity contribution is 7.07. The molecule has 1 aromatic heterocycles. The molecule has 1 aliphatic rings. The van der Waals surface area contributed by atoms with E-state index in [1.165, 1.54) is 5.38 Å². The monoisotopic (exact) mass is 340 g/mol. The molecule has 1 heterocycles. The van der Waals surface area contributed by atoms with Gasteiger partial charge >= 0.3 is 4.87 Å². The SMILES string of the molecule is O=C(N[C@H]1CCC[C@H]1Oc1cc(F)cc(F)c1)c1csc(=O)[nH]1. The minimum Gasteiger partial charge on any atom is -0.488 e. The number of aromatic nitrogens is 1. The van der Waals surface area contributed by atoms with Crippen LogP contribution in [0.1, 0.15) is 29.8 Å². The van der Waals surface area contributed by atoms with Gasteiger partial charge in [-0.2, -0.15) is 0 Å². The van der Waals surface area contributed by atoms with E-state index >= 15 is 0 Å². The fourth-order valence-electron chi connectivity index (χ4n) is 2.64. The van der Waals surface area contributed by atoms with Crippen LogP contribution >= 0.6 is 11.3 Å². The maximum absolute atomic E-state index is 13.2. The van der Waals surface area contributed by atoms with E-state index in [4.69, 9.17) is 4.74 Å². The van der Waals surface area contributed by atoms with Gasteiger partial charge in [0.15, 0.2) is 0 Å². The Labute approximate surface area is 134 Å². The number of carbonyl (C=O) groups is 1. The van der Waals surface area contributed by atoms with Gasteiger partial charge in [0.1, 0.15) is 29.2 Å². The van der Waals surface area contributed by atoms with Gasteiger partial charge in [-0.1, -0.05) is 11.3 Å². The van der Waals surface area contributed by atoms with Gasteiger partial charge in [0.05, 0.1) is 6.04 Å². The summed E-state index contributed by atoms with van der Waals surface area (Å²) in [5, 5.41) is 4.24. The molecule has 8 heteroatoms.